The molecule has 0 saturated heterocycles. The van der Waals surface area contributed by atoms with Gasteiger partial charge in [0.2, 0.25) is 0 Å². The van der Waals surface area contributed by atoms with E-state index in [1.165, 1.54) is 0 Å². The third-order valence-electron chi connectivity index (χ3n) is 2.21. The van der Waals surface area contributed by atoms with Crippen LogP contribution in [0, 0.1) is 0 Å². The molecule has 5 nitrogen and oxygen atoms in total. The molecule has 1 aromatic rings. The zero-order valence-electron chi connectivity index (χ0n) is 12.3. The molecule has 0 saturated carbocycles. The molecule has 0 atom stereocenters. The minimum Gasteiger partial charge on any atom is -0.357 e. The highest BCUT2D eigenvalue weighted by Gasteiger charge is 2.11. The quantitative estimate of drug-likeness (QED) is 0.357. The molecule has 1 heterocycles. The number of nitrogens with one attached hydrogen (secondary N) is 2. The lowest BCUT2D eigenvalue weighted by molar-refractivity contribution is 0.500. The van der Waals surface area contributed by atoms with Gasteiger partial charge in [-0.2, -0.15) is 5.10 Å². The van der Waals surface area contributed by atoms with Crippen molar-refractivity contribution in [3.05, 3.63) is 18.5 Å². The van der Waals surface area contributed by atoms with Crippen molar-refractivity contribution in [1.29, 1.82) is 0 Å². The third-order valence-corrected chi connectivity index (χ3v) is 2.21. The molecule has 0 unspecified atom stereocenters. The largest absolute Gasteiger partial charge is 0.357 e. The number of aromatic nitrogens is 2. The molecule has 0 aliphatic heterocycles. The van der Waals surface area contributed by atoms with Crippen molar-refractivity contribution in [3.8, 4) is 0 Å². The number of halogens is 1. The maximum Gasteiger partial charge on any atom is 0.191 e. The van der Waals surface area contributed by atoms with Crippen LogP contribution in [-0.2, 0) is 6.54 Å². The molecule has 0 aliphatic rings. The molecule has 110 valence electrons. The molecular formula is C13H26IN5. The topological polar surface area (TPSA) is 54.2 Å². The zero-order chi connectivity index (χ0) is 13.4. The molecule has 2 N–H and O–H groups in total. The van der Waals surface area contributed by atoms with E-state index in [0.29, 0.717) is 0 Å². The Morgan fingerprint density at radius 2 is 2.11 bits per heavy atom. The predicted molar refractivity (Wildman–Crippen MR) is 91.1 cm³/mol. The molecule has 0 spiro atoms. The number of rotatable bonds is 5. The fourth-order valence-electron chi connectivity index (χ4n) is 1.52. The molecule has 0 amide bonds. The first-order valence-corrected chi connectivity index (χ1v) is 6.55. The normalized spacial score (nSPS) is 11.9. The molecule has 0 aliphatic carbocycles. The fraction of sp³-hybridized carbons (Fsp3) is 0.692. The Hall–Kier alpha value is -0.790. The Morgan fingerprint density at radius 1 is 1.37 bits per heavy atom. The van der Waals surface area contributed by atoms with Gasteiger partial charge in [-0.3, -0.25) is 9.67 Å². The summed E-state index contributed by atoms with van der Waals surface area (Å²) in [6, 6.07) is 1.94. The second-order valence-electron chi connectivity index (χ2n) is 5.26. The number of hydrogen-bond donors (Lipinski definition) is 2. The van der Waals surface area contributed by atoms with Gasteiger partial charge in [-0.25, -0.2) is 0 Å². The van der Waals surface area contributed by atoms with Gasteiger partial charge in [0.15, 0.2) is 5.96 Å². The van der Waals surface area contributed by atoms with Crippen LogP contribution in [0.2, 0.25) is 0 Å². The van der Waals surface area contributed by atoms with Gasteiger partial charge >= 0.3 is 0 Å². The Kier molecular flexibility index (Phi) is 8.79. The van der Waals surface area contributed by atoms with Crippen LogP contribution in [0.3, 0.4) is 0 Å². The lowest BCUT2D eigenvalue weighted by atomic mass is 10.1. The Bertz CT molecular complexity index is 354. The van der Waals surface area contributed by atoms with E-state index < -0.39 is 0 Å². The number of hydrogen-bond acceptors (Lipinski definition) is 2. The zero-order valence-corrected chi connectivity index (χ0v) is 14.6. The number of nitrogens with zero attached hydrogens (tertiary/aromatic N) is 3. The SMILES string of the molecule is CCNC(=NCCCn1cccn1)NC(C)(C)C.I. The van der Waals surface area contributed by atoms with Crippen LogP contribution in [0.1, 0.15) is 34.1 Å². The minimum atomic E-state index is 0. The summed E-state index contributed by atoms with van der Waals surface area (Å²) >= 11 is 0. The highest BCUT2D eigenvalue weighted by molar-refractivity contribution is 14.0. The molecule has 1 rings (SSSR count). The smallest absolute Gasteiger partial charge is 0.191 e. The molecule has 0 bridgehead atoms. The van der Waals surface area contributed by atoms with Crippen LogP contribution in [-0.4, -0.2) is 34.4 Å². The predicted octanol–water partition coefficient (Wildman–Crippen LogP) is 2.24. The van der Waals surface area contributed by atoms with Crippen molar-refractivity contribution < 1.29 is 0 Å². The maximum atomic E-state index is 4.55. The van der Waals surface area contributed by atoms with Gasteiger partial charge in [-0.05, 0) is 40.2 Å². The molecule has 0 fully saturated rings. The van der Waals surface area contributed by atoms with E-state index in [4.69, 9.17) is 0 Å². The summed E-state index contributed by atoms with van der Waals surface area (Å²) in [4.78, 5) is 4.55. The lowest BCUT2D eigenvalue weighted by Crippen LogP contribution is -2.47. The first kappa shape index (κ1) is 18.2. The van der Waals surface area contributed by atoms with Gasteiger partial charge in [0.25, 0.3) is 0 Å². The van der Waals surface area contributed by atoms with Gasteiger partial charge in [0.05, 0.1) is 0 Å². The van der Waals surface area contributed by atoms with E-state index in [0.717, 1.165) is 32.0 Å². The van der Waals surface area contributed by atoms with Gasteiger partial charge in [0.1, 0.15) is 0 Å². The van der Waals surface area contributed by atoms with E-state index in [2.05, 4.69) is 48.4 Å². The van der Waals surface area contributed by atoms with Crippen molar-refractivity contribution in [2.75, 3.05) is 13.1 Å². The highest BCUT2D eigenvalue weighted by Crippen LogP contribution is 1.98. The van der Waals surface area contributed by atoms with Crippen molar-refractivity contribution in [1.82, 2.24) is 20.4 Å². The molecule has 0 aromatic carbocycles. The monoisotopic (exact) mass is 379 g/mol. The molecule has 1 aromatic heterocycles. The van der Waals surface area contributed by atoms with Crippen molar-refractivity contribution in [2.24, 2.45) is 4.99 Å². The number of aryl methyl sites for hydroxylation is 1. The first-order chi connectivity index (χ1) is 8.51. The van der Waals surface area contributed by atoms with Crippen LogP contribution in [0.25, 0.3) is 0 Å². The van der Waals surface area contributed by atoms with Crippen LogP contribution in [0.4, 0.5) is 0 Å². The van der Waals surface area contributed by atoms with Crippen LogP contribution < -0.4 is 10.6 Å². The molecule has 6 heteroatoms. The standard InChI is InChI=1S/C13H25N5.HI/c1-5-14-12(17-13(2,3)4)15-8-6-10-18-11-7-9-16-18;/h7,9,11H,5-6,8,10H2,1-4H3,(H2,14,15,17);1H. The Morgan fingerprint density at radius 3 is 2.63 bits per heavy atom. The summed E-state index contributed by atoms with van der Waals surface area (Å²) < 4.78 is 1.93. The van der Waals surface area contributed by atoms with E-state index in [1.807, 2.05) is 16.9 Å². The number of guanidine groups is 1. The summed E-state index contributed by atoms with van der Waals surface area (Å²) in [6.45, 7) is 11.0. The Labute approximate surface area is 133 Å². The van der Waals surface area contributed by atoms with Gasteiger partial charge in [0, 0.05) is 37.6 Å². The molecule has 0 radical (unpaired) electrons. The summed E-state index contributed by atoms with van der Waals surface area (Å²) in [5, 5.41) is 10.8. The van der Waals surface area contributed by atoms with Crippen LogP contribution in [0.15, 0.2) is 23.5 Å². The van der Waals surface area contributed by atoms with E-state index in [-0.39, 0.29) is 29.5 Å². The Balaban J connectivity index is 0.00000324. The van der Waals surface area contributed by atoms with E-state index in [1.54, 1.807) is 6.20 Å². The van der Waals surface area contributed by atoms with Crippen molar-refractivity contribution >= 4 is 29.9 Å². The molecular weight excluding hydrogens is 353 g/mol. The second kappa shape index (κ2) is 9.17. The fourth-order valence-corrected chi connectivity index (χ4v) is 1.52. The average molecular weight is 379 g/mol. The van der Waals surface area contributed by atoms with Crippen molar-refractivity contribution in [3.63, 3.8) is 0 Å². The van der Waals surface area contributed by atoms with Crippen molar-refractivity contribution in [2.45, 2.75) is 46.2 Å². The van der Waals surface area contributed by atoms with Crippen LogP contribution >= 0.6 is 24.0 Å². The van der Waals surface area contributed by atoms with E-state index >= 15 is 0 Å². The first-order valence-electron chi connectivity index (χ1n) is 6.55. The summed E-state index contributed by atoms with van der Waals surface area (Å²) in [6.07, 6.45) is 4.76. The summed E-state index contributed by atoms with van der Waals surface area (Å²) in [5.41, 5.74) is 0.0307. The average Bonchev–Trinajstić information content (AvgIpc) is 2.75. The summed E-state index contributed by atoms with van der Waals surface area (Å²) in [5.74, 6) is 0.880. The van der Waals surface area contributed by atoms with Gasteiger partial charge in [-0.1, -0.05) is 0 Å². The maximum absolute atomic E-state index is 4.55. The minimum absolute atomic E-state index is 0. The highest BCUT2D eigenvalue weighted by atomic mass is 127. The second-order valence-corrected chi connectivity index (χ2v) is 5.26. The number of aliphatic imine (C=N–C) groups is 1. The summed E-state index contributed by atoms with van der Waals surface area (Å²) in [7, 11) is 0. The van der Waals surface area contributed by atoms with Gasteiger partial charge < -0.3 is 10.6 Å². The lowest BCUT2D eigenvalue weighted by Gasteiger charge is -2.23. The third kappa shape index (κ3) is 8.85. The molecule has 19 heavy (non-hydrogen) atoms. The van der Waals surface area contributed by atoms with Crippen LogP contribution in [0.5, 0.6) is 0 Å². The van der Waals surface area contributed by atoms with Gasteiger partial charge in [-0.15, -0.1) is 24.0 Å². The van der Waals surface area contributed by atoms with E-state index in [9.17, 15) is 0 Å².